The molecule has 1 aliphatic rings. The SMILES string of the molecule is C=C(OOC=CCCC)C1=CC(C)(C)CCC1. The van der Waals surface area contributed by atoms with Gasteiger partial charge in [-0.15, -0.1) is 0 Å². The van der Waals surface area contributed by atoms with E-state index in [1.807, 2.05) is 6.08 Å². The highest BCUT2D eigenvalue weighted by Gasteiger charge is 2.22. The third-order valence-electron chi connectivity index (χ3n) is 2.95. The molecule has 0 fully saturated rings. The van der Waals surface area contributed by atoms with E-state index in [0.29, 0.717) is 5.76 Å². The molecule has 0 aromatic rings. The molecule has 2 heteroatoms. The number of rotatable bonds is 6. The Labute approximate surface area is 105 Å². The topological polar surface area (TPSA) is 18.5 Å². The molecular formula is C15H24O2. The van der Waals surface area contributed by atoms with Crippen molar-refractivity contribution in [3.8, 4) is 0 Å². The van der Waals surface area contributed by atoms with Crippen molar-refractivity contribution < 1.29 is 9.78 Å². The molecule has 2 nitrogen and oxygen atoms in total. The Morgan fingerprint density at radius 1 is 1.53 bits per heavy atom. The second-order valence-corrected chi connectivity index (χ2v) is 5.27. The van der Waals surface area contributed by atoms with E-state index < -0.39 is 0 Å². The Hall–Kier alpha value is -1.18. The minimum atomic E-state index is 0.248. The molecule has 0 bridgehead atoms. The number of hydrogen-bond donors (Lipinski definition) is 0. The summed E-state index contributed by atoms with van der Waals surface area (Å²) in [4.78, 5) is 10.2. The fourth-order valence-corrected chi connectivity index (χ4v) is 1.98. The zero-order valence-corrected chi connectivity index (χ0v) is 11.3. The molecule has 0 atom stereocenters. The van der Waals surface area contributed by atoms with Gasteiger partial charge in [0.2, 0.25) is 0 Å². The van der Waals surface area contributed by atoms with Crippen molar-refractivity contribution in [1.29, 1.82) is 0 Å². The first-order valence-corrected chi connectivity index (χ1v) is 6.44. The van der Waals surface area contributed by atoms with Crippen LogP contribution in [0.5, 0.6) is 0 Å². The fraction of sp³-hybridized carbons (Fsp3) is 0.600. The Kier molecular flexibility index (Phi) is 5.33. The summed E-state index contributed by atoms with van der Waals surface area (Å²) in [6.45, 7) is 10.5. The van der Waals surface area contributed by atoms with E-state index in [1.54, 1.807) is 6.26 Å². The van der Waals surface area contributed by atoms with E-state index >= 15 is 0 Å². The van der Waals surface area contributed by atoms with Gasteiger partial charge in [-0.25, -0.2) is 0 Å². The first kappa shape index (κ1) is 13.9. The van der Waals surface area contributed by atoms with Crippen LogP contribution in [0, 0.1) is 5.41 Å². The molecule has 1 rings (SSSR count). The minimum Gasteiger partial charge on any atom is -0.298 e. The third-order valence-corrected chi connectivity index (χ3v) is 2.95. The molecular weight excluding hydrogens is 212 g/mol. The van der Waals surface area contributed by atoms with E-state index in [0.717, 1.165) is 19.3 Å². The van der Waals surface area contributed by atoms with Crippen LogP contribution in [-0.4, -0.2) is 0 Å². The average molecular weight is 236 g/mol. The van der Waals surface area contributed by atoms with Crippen LogP contribution in [0.3, 0.4) is 0 Å². The Balaban J connectivity index is 2.40. The van der Waals surface area contributed by atoms with Crippen LogP contribution in [0.2, 0.25) is 0 Å². The maximum atomic E-state index is 5.17. The van der Waals surface area contributed by atoms with Crippen LogP contribution < -0.4 is 0 Å². The number of hydrogen-bond acceptors (Lipinski definition) is 2. The standard InChI is InChI=1S/C15H24O2/c1-5-6-7-11-16-17-13(2)14-9-8-10-15(3,4)12-14/h7,11-12H,2,5-6,8-10H2,1,3-4H3. The smallest absolute Gasteiger partial charge is 0.174 e. The van der Waals surface area contributed by atoms with Crippen LogP contribution in [0.1, 0.15) is 52.9 Å². The summed E-state index contributed by atoms with van der Waals surface area (Å²) in [6, 6.07) is 0. The molecule has 0 aromatic carbocycles. The highest BCUT2D eigenvalue weighted by molar-refractivity contribution is 5.26. The van der Waals surface area contributed by atoms with E-state index in [4.69, 9.17) is 9.78 Å². The van der Waals surface area contributed by atoms with Gasteiger partial charge in [-0.3, -0.25) is 9.78 Å². The largest absolute Gasteiger partial charge is 0.298 e. The van der Waals surface area contributed by atoms with Crippen molar-refractivity contribution in [2.24, 2.45) is 5.41 Å². The quantitative estimate of drug-likeness (QED) is 0.371. The summed E-state index contributed by atoms with van der Waals surface area (Å²) in [6.07, 6.45) is 11.3. The van der Waals surface area contributed by atoms with Gasteiger partial charge in [-0.05, 0) is 42.7 Å². The maximum absolute atomic E-state index is 5.17. The van der Waals surface area contributed by atoms with Gasteiger partial charge < -0.3 is 0 Å². The molecule has 0 spiro atoms. The third kappa shape index (κ3) is 5.12. The summed E-state index contributed by atoms with van der Waals surface area (Å²) in [5.74, 6) is 0.638. The zero-order chi connectivity index (χ0) is 12.7. The van der Waals surface area contributed by atoms with Crippen LogP contribution in [0.25, 0.3) is 0 Å². The van der Waals surface area contributed by atoms with Crippen molar-refractivity contribution in [3.63, 3.8) is 0 Å². The van der Waals surface area contributed by atoms with Crippen LogP contribution in [0.15, 0.2) is 36.3 Å². The molecule has 0 aromatic heterocycles. The summed E-state index contributed by atoms with van der Waals surface area (Å²) in [5.41, 5.74) is 1.42. The second kappa shape index (κ2) is 6.53. The van der Waals surface area contributed by atoms with Gasteiger partial charge in [0.15, 0.2) is 5.76 Å². The summed E-state index contributed by atoms with van der Waals surface area (Å²) in [7, 11) is 0. The lowest BCUT2D eigenvalue weighted by Crippen LogP contribution is -2.14. The Morgan fingerprint density at radius 3 is 2.94 bits per heavy atom. The fourth-order valence-electron chi connectivity index (χ4n) is 1.98. The van der Waals surface area contributed by atoms with Gasteiger partial charge in [0.05, 0.1) is 0 Å². The molecule has 17 heavy (non-hydrogen) atoms. The van der Waals surface area contributed by atoms with E-state index in [2.05, 4.69) is 33.4 Å². The number of unbranched alkanes of at least 4 members (excludes halogenated alkanes) is 1. The van der Waals surface area contributed by atoms with Crippen LogP contribution >= 0.6 is 0 Å². The molecule has 96 valence electrons. The van der Waals surface area contributed by atoms with Crippen molar-refractivity contribution in [2.45, 2.75) is 52.9 Å². The first-order chi connectivity index (χ1) is 8.05. The molecule has 0 saturated heterocycles. The van der Waals surface area contributed by atoms with Gasteiger partial charge in [-0.1, -0.05) is 39.8 Å². The maximum Gasteiger partial charge on any atom is 0.174 e. The lowest BCUT2D eigenvalue weighted by atomic mass is 9.79. The molecule has 0 aliphatic heterocycles. The highest BCUT2D eigenvalue weighted by atomic mass is 17.2. The van der Waals surface area contributed by atoms with Crippen LogP contribution in [0.4, 0.5) is 0 Å². The van der Waals surface area contributed by atoms with E-state index in [-0.39, 0.29) is 5.41 Å². The van der Waals surface area contributed by atoms with Gasteiger partial charge in [0.1, 0.15) is 6.26 Å². The Bertz CT molecular complexity index is 311. The molecule has 0 radical (unpaired) electrons. The van der Waals surface area contributed by atoms with Crippen LogP contribution in [-0.2, 0) is 9.78 Å². The van der Waals surface area contributed by atoms with E-state index in [1.165, 1.54) is 18.4 Å². The number of allylic oxidation sites excluding steroid dienone is 3. The second-order valence-electron chi connectivity index (χ2n) is 5.27. The predicted molar refractivity (Wildman–Crippen MR) is 71.1 cm³/mol. The summed E-state index contributed by atoms with van der Waals surface area (Å²) >= 11 is 0. The van der Waals surface area contributed by atoms with Crippen molar-refractivity contribution in [3.05, 3.63) is 36.3 Å². The first-order valence-electron chi connectivity index (χ1n) is 6.44. The molecule has 0 unspecified atom stereocenters. The average Bonchev–Trinajstić information content (AvgIpc) is 2.27. The molecule has 0 heterocycles. The predicted octanol–water partition coefficient (Wildman–Crippen LogP) is 4.90. The molecule has 0 amide bonds. The molecule has 1 aliphatic carbocycles. The Morgan fingerprint density at radius 2 is 2.29 bits per heavy atom. The van der Waals surface area contributed by atoms with Crippen molar-refractivity contribution >= 4 is 0 Å². The van der Waals surface area contributed by atoms with E-state index in [9.17, 15) is 0 Å². The zero-order valence-electron chi connectivity index (χ0n) is 11.3. The summed E-state index contributed by atoms with van der Waals surface area (Å²) < 4.78 is 0. The minimum absolute atomic E-state index is 0.248. The monoisotopic (exact) mass is 236 g/mol. The lowest BCUT2D eigenvalue weighted by Gasteiger charge is -2.27. The summed E-state index contributed by atoms with van der Waals surface area (Å²) in [5, 5.41) is 0. The molecule has 0 saturated carbocycles. The van der Waals surface area contributed by atoms with Gasteiger partial charge in [0, 0.05) is 0 Å². The van der Waals surface area contributed by atoms with Crippen molar-refractivity contribution in [1.82, 2.24) is 0 Å². The van der Waals surface area contributed by atoms with Gasteiger partial charge in [-0.2, -0.15) is 0 Å². The van der Waals surface area contributed by atoms with Crippen molar-refractivity contribution in [2.75, 3.05) is 0 Å². The van der Waals surface area contributed by atoms with Gasteiger partial charge >= 0.3 is 0 Å². The lowest BCUT2D eigenvalue weighted by molar-refractivity contribution is -0.208. The molecule has 0 N–H and O–H groups in total. The van der Waals surface area contributed by atoms with Gasteiger partial charge in [0.25, 0.3) is 0 Å². The normalized spacial score (nSPS) is 18.9. The highest BCUT2D eigenvalue weighted by Crippen LogP contribution is 2.35.